The van der Waals surface area contributed by atoms with Crippen molar-refractivity contribution in [1.82, 2.24) is 10.2 Å². The normalized spacial score (nSPS) is 20.9. The minimum atomic E-state index is -4.38. The highest BCUT2D eigenvalue weighted by Crippen LogP contribution is 2.14. The number of carbonyl (C=O) groups is 1. The van der Waals surface area contributed by atoms with Crippen molar-refractivity contribution < 1.29 is 22.7 Å². The molecule has 1 rings (SSSR count). The molecule has 0 radical (unpaired) electrons. The van der Waals surface area contributed by atoms with E-state index in [9.17, 15) is 18.0 Å². The molecule has 4 nitrogen and oxygen atoms in total. The molecule has 0 spiro atoms. The van der Waals surface area contributed by atoms with Crippen LogP contribution >= 0.6 is 12.4 Å². The van der Waals surface area contributed by atoms with Gasteiger partial charge in [0.1, 0.15) is 13.2 Å². The quantitative estimate of drug-likeness (QED) is 0.829. The van der Waals surface area contributed by atoms with E-state index in [2.05, 4.69) is 10.1 Å². The predicted octanol–water partition coefficient (Wildman–Crippen LogP) is 0.807. The maximum Gasteiger partial charge on any atom is 0.411 e. The largest absolute Gasteiger partial charge is 0.411 e. The highest BCUT2D eigenvalue weighted by Gasteiger charge is 2.29. The van der Waals surface area contributed by atoms with Gasteiger partial charge in [-0.3, -0.25) is 4.79 Å². The van der Waals surface area contributed by atoms with E-state index in [1.807, 2.05) is 6.92 Å². The van der Waals surface area contributed by atoms with Gasteiger partial charge < -0.3 is 15.0 Å². The molecule has 1 heterocycles. The van der Waals surface area contributed by atoms with Crippen LogP contribution in [0.5, 0.6) is 0 Å². The van der Waals surface area contributed by atoms with Crippen LogP contribution in [0.4, 0.5) is 13.2 Å². The molecule has 0 bridgehead atoms. The molecular formula is C9H16ClF3N2O2. The summed E-state index contributed by atoms with van der Waals surface area (Å²) in [7, 11) is 0. The van der Waals surface area contributed by atoms with Crippen molar-refractivity contribution in [3.8, 4) is 0 Å². The van der Waals surface area contributed by atoms with Gasteiger partial charge in [0.2, 0.25) is 5.91 Å². The standard InChI is InChI=1S/C9H15F3N2O2.ClH/c1-7-4-13-2-3-14(7)8(15)5-16-6-9(10,11)12;/h7,13H,2-6H2,1H3;1H/t7-;/m0./s1. The van der Waals surface area contributed by atoms with Crippen molar-refractivity contribution in [3.63, 3.8) is 0 Å². The number of ether oxygens (including phenoxy) is 1. The number of halogens is 4. The number of nitrogens with one attached hydrogen (secondary N) is 1. The average molecular weight is 277 g/mol. The van der Waals surface area contributed by atoms with E-state index < -0.39 is 25.3 Å². The lowest BCUT2D eigenvalue weighted by atomic mass is 10.2. The van der Waals surface area contributed by atoms with Gasteiger partial charge in [-0.2, -0.15) is 13.2 Å². The van der Waals surface area contributed by atoms with Crippen LogP contribution < -0.4 is 5.32 Å². The summed E-state index contributed by atoms with van der Waals surface area (Å²) in [6.45, 7) is 1.78. The molecule has 0 aromatic heterocycles. The first-order valence-corrected chi connectivity index (χ1v) is 5.05. The molecule has 1 aliphatic heterocycles. The summed E-state index contributed by atoms with van der Waals surface area (Å²) < 4.78 is 39.6. The zero-order chi connectivity index (χ0) is 12.2. The zero-order valence-corrected chi connectivity index (χ0v) is 10.2. The van der Waals surface area contributed by atoms with Gasteiger partial charge in [-0.1, -0.05) is 0 Å². The summed E-state index contributed by atoms with van der Waals surface area (Å²) in [5, 5.41) is 3.09. The number of hydrogen-bond acceptors (Lipinski definition) is 3. The molecule has 0 aromatic carbocycles. The SMILES string of the molecule is C[C@H]1CNCCN1C(=O)COCC(F)(F)F.Cl. The Morgan fingerprint density at radius 2 is 2.18 bits per heavy atom. The van der Waals surface area contributed by atoms with Crippen LogP contribution in [0.3, 0.4) is 0 Å². The number of hydrogen-bond donors (Lipinski definition) is 1. The fourth-order valence-electron chi connectivity index (χ4n) is 1.55. The first-order chi connectivity index (χ1) is 7.40. The van der Waals surface area contributed by atoms with Crippen LogP contribution in [0.1, 0.15) is 6.92 Å². The third kappa shape index (κ3) is 6.09. The van der Waals surface area contributed by atoms with Crippen molar-refractivity contribution in [1.29, 1.82) is 0 Å². The molecule has 17 heavy (non-hydrogen) atoms. The van der Waals surface area contributed by atoms with Gasteiger partial charge in [0.25, 0.3) is 0 Å². The first kappa shape index (κ1) is 16.5. The molecule has 0 unspecified atom stereocenters. The van der Waals surface area contributed by atoms with Gasteiger partial charge in [0.05, 0.1) is 0 Å². The van der Waals surface area contributed by atoms with Crippen LogP contribution in [0.15, 0.2) is 0 Å². The lowest BCUT2D eigenvalue weighted by Gasteiger charge is -2.33. The van der Waals surface area contributed by atoms with Crippen molar-refractivity contribution in [2.24, 2.45) is 0 Å². The lowest BCUT2D eigenvalue weighted by Crippen LogP contribution is -2.53. The number of carbonyl (C=O) groups excluding carboxylic acids is 1. The monoisotopic (exact) mass is 276 g/mol. The smallest absolute Gasteiger partial charge is 0.362 e. The maximum absolute atomic E-state index is 11.8. The molecule has 0 saturated carbocycles. The van der Waals surface area contributed by atoms with E-state index in [0.29, 0.717) is 19.6 Å². The fourth-order valence-corrected chi connectivity index (χ4v) is 1.55. The van der Waals surface area contributed by atoms with Crippen LogP contribution in [0.2, 0.25) is 0 Å². The molecule has 1 fully saturated rings. The van der Waals surface area contributed by atoms with E-state index in [1.54, 1.807) is 0 Å². The third-order valence-corrected chi connectivity index (χ3v) is 2.31. The van der Waals surface area contributed by atoms with E-state index in [1.165, 1.54) is 4.90 Å². The highest BCUT2D eigenvalue weighted by atomic mass is 35.5. The summed E-state index contributed by atoms with van der Waals surface area (Å²) >= 11 is 0. The third-order valence-electron chi connectivity index (χ3n) is 2.31. The van der Waals surface area contributed by atoms with Crippen molar-refractivity contribution in [3.05, 3.63) is 0 Å². The Kier molecular flexibility index (Phi) is 6.81. The second-order valence-electron chi connectivity index (χ2n) is 3.75. The van der Waals surface area contributed by atoms with Crippen molar-refractivity contribution in [2.45, 2.75) is 19.1 Å². The zero-order valence-electron chi connectivity index (χ0n) is 9.42. The van der Waals surface area contributed by atoms with E-state index in [-0.39, 0.29) is 18.4 Å². The summed E-state index contributed by atoms with van der Waals surface area (Å²) in [6.07, 6.45) is -4.38. The van der Waals surface area contributed by atoms with E-state index >= 15 is 0 Å². The highest BCUT2D eigenvalue weighted by molar-refractivity contribution is 5.85. The van der Waals surface area contributed by atoms with Gasteiger partial charge in [0.15, 0.2) is 0 Å². The van der Waals surface area contributed by atoms with Gasteiger partial charge in [-0.25, -0.2) is 0 Å². The maximum atomic E-state index is 11.8. The van der Waals surface area contributed by atoms with Crippen LogP contribution in [0, 0.1) is 0 Å². The Morgan fingerprint density at radius 1 is 1.53 bits per heavy atom. The lowest BCUT2D eigenvalue weighted by molar-refractivity contribution is -0.178. The topological polar surface area (TPSA) is 41.6 Å². The van der Waals surface area contributed by atoms with E-state index in [4.69, 9.17) is 0 Å². The average Bonchev–Trinajstić information content (AvgIpc) is 2.16. The molecule has 102 valence electrons. The molecule has 8 heteroatoms. The molecule has 0 aliphatic carbocycles. The summed E-state index contributed by atoms with van der Waals surface area (Å²) in [5.74, 6) is -0.391. The molecule has 1 aliphatic rings. The molecule has 0 aromatic rings. The Hall–Kier alpha value is -0.530. The Morgan fingerprint density at radius 3 is 2.71 bits per heavy atom. The minimum Gasteiger partial charge on any atom is -0.362 e. The van der Waals surface area contributed by atoms with Gasteiger partial charge >= 0.3 is 6.18 Å². The Balaban J connectivity index is 0.00000256. The number of alkyl halides is 3. The van der Waals surface area contributed by atoms with Crippen molar-refractivity contribution in [2.75, 3.05) is 32.8 Å². The second-order valence-corrected chi connectivity index (χ2v) is 3.75. The molecule has 1 atom stereocenters. The number of amides is 1. The molecule has 1 amide bonds. The first-order valence-electron chi connectivity index (χ1n) is 5.05. The van der Waals surface area contributed by atoms with Gasteiger partial charge in [-0.15, -0.1) is 12.4 Å². The number of rotatable bonds is 3. The summed E-state index contributed by atoms with van der Waals surface area (Å²) in [6, 6.07) is -0.00395. The summed E-state index contributed by atoms with van der Waals surface area (Å²) in [5.41, 5.74) is 0. The van der Waals surface area contributed by atoms with E-state index in [0.717, 1.165) is 0 Å². The Bertz CT molecular complexity index is 251. The second kappa shape index (κ2) is 7.03. The van der Waals surface area contributed by atoms with Crippen molar-refractivity contribution >= 4 is 18.3 Å². The Labute approximate surface area is 104 Å². The number of nitrogens with zero attached hydrogens (tertiary/aromatic N) is 1. The molecule has 1 N–H and O–H groups in total. The molecule has 1 saturated heterocycles. The van der Waals surface area contributed by atoms with Crippen LogP contribution in [-0.2, 0) is 9.53 Å². The van der Waals surface area contributed by atoms with Crippen LogP contribution in [0.25, 0.3) is 0 Å². The van der Waals surface area contributed by atoms with Crippen LogP contribution in [-0.4, -0.2) is 55.9 Å². The summed E-state index contributed by atoms with van der Waals surface area (Å²) in [4.78, 5) is 13.0. The fraction of sp³-hybridized carbons (Fsp3) is 0.889. The molecular weight excluding hydrogens is 261 g/mol. The van der Waals surface area contributed by atoms with Gasteiger partial charge in [0, 0.05) is 25.7 Å². The predicted molar refractivity (Wildman–Crippen MR) is 58.2 cm³/mol. The van der Waals surface area contributed by atoms with Gasteiger partial charge in [-0.05, 0) is 6.92 Å². The number of piperazine rings is 1. The minimum absolute atomic E-state index is 0.